The molecule has 0 bridgehead atoms. The molecule has 1 heterocycles. The molecule has 8 nitrogen and oxygen atoms in total. The molecule has 1 aromatic heterocycles. The van der Waals surface area contributed by atoms with E-state index >= 15 is 0 Å². The van der Waals surface area contributed by atoms with Crippen molar-refractivity contribution in [2.75, 3.05) is 18.9 Å². The molecule has 0 atom stereocenters. The monoisotopic (exact) mass is 339 g/mol. The number of amides is 1. The van der Waals surface area contributed by atoms with Gasteiger partial charge in [0, 0.05) is 25.2 Å². The van der Waals surface area contributed by atoms with E-state index in [1.54, 1.807) is 12.1 Å². The van der Waals surface area contributed by atoms with E-state index in [4.69, 9.17) is 0 Å². The van der Waals surface area contributed by atoms with Gasteiger partial charge >= 0.3 is 0 Å². The van der Waals surface area contributed by atoms with Gasteiger partial charge in [-0.05, 0) is 30.8 Å². The Balaban J connectivity index is 2.29. The average molecular weight is 339 g/mol. The number of carbonyl (C=O) groups excluding carboxylic acids is 1. The molecule has 2 N–H and O–H groups in total. The second kappa shape index (κ2) is 7.18. The fourth-order valence-electron chi connectivity index (χ4n) is 1.60. The van der Waals surface area contributed by atoms with E-state index in [1.165, 1.54) is 24.5 Å². The average Bonchev–Trinajstić information content (AvgIpc) is 2.94. The molecule has 116 valence electrons. The Morgan fingerprint density at radius 2 is 2.23 bits per heavy atom. The van der Waals surface area contributed by atoms with Gasteiger partial charge in [0.2, 0.25) is 5.13 Å². The molecule has 0 aliphatic carbocycles. The van der Waals surface area contributed by atoms with Gasteiger partial charge in [0.1, 0.15) is 0 Å². The molecule has 2 rings (SSSR count). The molecule has 0 saturated carbocycles. The summed E-state index contributed by atoms with van der Waals surface area (Å²) in [6.45, 7) is 2.66. The van der Waals surface area contributed by atoms with Crippen LogP contribution in [0.5, 0.6) is 0 Å². The van der Waals surface area contributed by atoms with E-state index < -0.39 is 4.92 Å². The van der Waals surface area contributed by atoms with Crippen LogP contribution >= 0.6 is 23.1 Å². The molecule has 1 amide bonds. The van der Waals surface area contributed by atoms with Crippen molar-refractivity contribution in [1.29, 1.82) is 0 Å². The van der Waals surface area contributed by atoms with Gasteiger partial charge in [-0.1, -0.05) is 11.3 Å². The van der Waals surface area contributed by atoms with Crippen LogP contribution in [0.4, 0.5) is 10.8 Å². The molecule has 0 saturated heterocycles. The van der Waals surface area contributed by atoms with Crippen LogP contribution < -0.4 is 10.6 Å². The third kappa shape index (κ3) is 3.71. The number of rotatable bonds is 6. The van der Waals surface area contributed by atoms with Gasteiger partial charge in [-0.15, -0.1) is 10.2 Å². The first kappa shape index (κ1) is 16.2. The lowest BCUT2D eigenvalue weighted by Gasteiger charge is -2.03. The molecule has 0 aliphatic heterocycles. The minimum atomic E-state index is -0.513. The Morgan fingerprint density at radius 1 is 1.45 bits per heavy atom. The lowest BCUT2D eigenvalue weighted by Crippen LogP contribution is -2.17. The fraction of sp³-hybridized carbons (Fsp3) is 0.250. The van der Waals surface area contributed by atoms with Crippen molar-refractivity contribution in [2.24, 2.45) is 0 Å². The van der Waals surface area contributed by atoms with Gasteiger partial charge in [0.25, 0.3) is 11.6 Å². The molecule has 0 radical (unpaired) electrons. The minimum Gasteiger partial charge on any atom is -0.360 e. The molecule has 2 aromatic rings. The number of nitrogens with one attached hydrogen (secondary N) is 2. The summed E-state index contributed by atoms with van der Waals surface area (Å²) in [4.78, 5) is 22.7. The lowest BCUT2D eigenvalue weighted by molar-refractivity contribution is -0.387. The first-order valence-corrected chi connectivity index (χ1v) is 7.94. The molecule has 10 heteroatoms. The maximum atomic E-state index is 11.6. The molecular weight excluding hydrogens is 326 g/mol. The maximum Gasteiger partial charge on any atom is 0.284 e. The maximum absolute atomic E-state index is 11.6. The fourth-order valence-corrected chi connectivity index (χ4v) is 3.46. The lowest BCUT2D eigenvalue weighted by atomic mass is 10.2. The zero-order chi connectivity index (χ0) is 16.1. The van der Waals surface area contributed by atoms with Gasteiger partial charge in [0.05, 0.1) is 9.82 Å². The van der Waals surface area contributed by atoms with E-state index in [0.717, 1.165) is 18.3 Å². The molecule has 22 heavy (non-hydrogen) atoms. The van der Waals surface area contributed by atoms with Crippen LogP contribution in [0.3, 0.4) is 0 Å². The highest BCUT2D eigenvalue weighted by Gasteiger charge is 2.19. The summed E-state index contributed by atoms with van der Waals surface area (Å²) in [6.07, 6.45) is 0. The highest BCUT2D eigenvalue weighted by Crippen LogP contribution is 2.37. The summed E-state index contributed by atoms with van der Waals surface area (Å²) < 4.78 is 0.590. The van der Waals surface area contributed by atoms with Gasteiger partial charge < -0.3 is 10.6 Å². The van der Waals surface area contributed by atoms with Crippen LogP contribution in [0.2, 0.25) is 0 Å². The standard InChI is InChI=1S/C12H13N5O3S2/c1-3-14-11-15-16-12(22-11)21-9-5-4-7(10(18)13-2)6-8(9)17(19)20/h4-6H,3H2,1-2H3,(H,13,18)(H,14,15). The molecular formula is C12H13N5O3S2. The number of nitro benzene ring substituents is 1. The van der Waals surface area contributed by atoms with E-state index in [2.05, 4.69) is 20.8 Å². The normalized spacial score (nSPS) is 10.3. The van der Waals surface area contributed by atoms with Gasteiger partial charge in [-0.25, -0.2) is 0 Å². The summed E-state index contributed by atoms with van der Waals surface area (Å²) in [5.41, 5.74) is 0.107. The number of nitro groups is 1. The number of hydrogen-bond acceptors (Lipinski definition) is 8. The molecule has 1 aromatic carbocycles. The van der Waals surface area contributed by atoms with Gasteiger partial charge in [-0.3, -0.25) is 14.9 Å². The van der Waals surface area contributed by atoms with Crippen molar-refractivity contribution in [1.82, 2.24) is 15.5 Å². The first-order valence-electron chi connectivity index (χ1n) is 6.31. The Hall–Kier alpha value is -2.20. The molecule has 0 aliphatic rings. The second-order valence-corrected chi connectivity index (χ2v) is 6.29. The van der Waals surface area contributed by atoms with Crippen molar-refractivity contribution in [3.05, 3.63) is 33.9 Å². The smallest absolute Gasteiger partial charge is 0.284 e. The molecule has 0 fully saturated rings. The van der Waals surface area contributed by atoms with Crippen LogP contribution in [0, 0.1) is 10.1 Å². The van der Waals surface area contributed by atoms with E-state index in [0.29, 0.717) is 14.4 Å². The summed E-state index contributed by atoms with van der Waals surface area (Å²) in [5.74, 6) is -0.370. The molecule has 0 unspecified atom stereocenters. The zero-order valence-corrected chi connectivity index (χ0v) is 13.5. The summed E-state index contributed by atoms with van der Waals surface area (Å²) in [6, 6.07) is 4.34. The van der Waals surface area contributed by atoms with E-state index in [1.807, 2.05) is 6.92 Å². The number of aromatic nitrogens is 2. The van der Waals surface area contributed by atoms with Crippen LogP contribution in [-0.2, 0) is 0 Å². The minimum absolute atomic E-state index is 0.133. The van der Waals surface area contributed by atoms with Crippen LogP contribution in [-0.4, -0.2) is 34.6 Å². The quantitative estimate of drug-likeness (QED) is 0.614. The van der Waals surface area contributed by atoms with Crippen LogP contribution in [0.1, 0.15) is 17.3 Å². The van der Waals surface area contributed by atoms with Crippen molar-refractivity contribution < 1.29 is 9.72 Å². The number of anilines is 1. The highest BCUT2D eigenvalue weighted by molar-refractivity contribution is 8.01. The van der Waals surface area contributed by atoms with Crippen molar-refractivity contribution in [3.63, 3.8) is 0 Å². The Morgan fingerprint density at radius 3 is 2.86 bits per heavy atom. The van der Waals surface area contributed by atoms with Crippen molar-refractivity contribution >= 4 is 39.8 Å². The third-order valence-electron chi connectivity index (χ3n) is 2.58. The molecule has 0 spiro atoms. The van der Waals surface area contributed by atoms with E-state index in [-0.39, 0.29) is 17.2 Å². The summed E-state index contributed by atoms with van der Waals surface area (Å²) in [7, 11) is 1.47. The zero-order valence-electron chi connectivity index (χ0n) is 11.8. The summed E-state index contributed by atoms with van der Waals surface area (Å²) >= 11 is 2.46. The predicted molar refractivity (Wildman–Crippen MR) is 84.7 cm³/mol. The third-order valence-corrected chi connectivity index (χ3v) is 4.57. The largest absolute Gasteiger partial charge is 0.360 e. The first-order chi connectivity index (χ1) is 10.5. The highest BCUT2D eigenvalue weighted by atomic mass is 32.2. The topological polar surface area (TPSA) is 110 Å². The SMILES string of the molecule is CCNc1nnc(Sc2ccc(C(=O)NC)cc2[N+](=O)[O-])s1. The van der Waals surface area contributed by atoms with Crippen LogP contribution in [0.25, 0.3) is 0 Å². The second-order valence-electron chi connectivity index (χ2n) is 4.02. The van der Waals surface area contributed by atoms with E-state index in [9.17, 15) is 14.9 Å². The van der Waals surface area contributed by atoms with Crippen LogP contribution in [0.15, 0.2) is 27.4 Å². The number of nitrogens with zero attached hydrogens (tertiary/aromatic N) is 3. The van der Waals surface area contributed by atoms with Crippen molar-refractivity contribution in [3.8, 4) is 0 Å². The summed E-state index contributed by atoms with van der Waals surface area (Å²) in [5, 5.41) is 25.2. The Kier molecular flexibility index (Phi) is 5.28. The number of benzene rings is 1. The van der Waals surface area contributed by atoms with Crippen molar-refractivity contribution in [2.45, 2.75) is 16.2 Å². The predicted octanol–water partition coefficient (Wildman–Crippen LogP) is 2.39. The van der Waals surface area contributed by atoms with Gasteiger partial charge in [0.15, 0.2) is 4.34 Å². The number of hydrogen-bond donors (Lipinski definition) is 2. The Bertz CT molecular complexity index is 704. The number of carbonyl (C=O) groups is 1. The van der Waals surface area contributed by atoms with Gasteiger partial charge in [-0.2, -0.15) is 0 Å². The Labute approximate surface area is 134 Å².